The predicted molar refractivity (Wildman–Crippen MR) is 121 cm³/mol. The van der Waals surface area contributed by atoms with Gasteiger partial charge in [0.15, 0.2) is 11.9 Å². The van der Waals surface area contributed by atoms with Crippen molar-refractivity contribution < 1.29 is 47.6 Å². The zero-order chi connectivity index (χ0) is 26.4. The van der Waals surface area contributed by atoms with Gasteiger partial charge in [-0.25, -0.2) is 4.79 Å². The lowest BCUT2D eigenvalue weighted by Gasteiger charge is -2.58. The number of ketones is 1. The molecule has 37 heavy (non-hydrogen) atoms. The van der Waals surface area contributed by atoms with E-state index in [4.69, 9.17) is 28.1 Å². The molecule has 0 amide bonds. The van der Waals surface area contributed by atoms with Crippen LogP contribution in [0.3, 0.4) is 0 Å². The number of ether oxygens (including phenoxy) is 5. The lowest BCUT2D eigenvalue weighted by atomic mass is 9.50. The Bertz CT molecular complexity index is 1220. The molecular formula is C27H32O10. The summed E-state index contributed by atoms with van der Waals surface area (Å²) in [5, 5.41) is 12.7. The Balaban J connectivity index is 1.47. The number of esters is 2. The van der Waals surface area contributed by atoms with E-state index in [2.05, 4.69) is 0 Å². The number of fused-ring (bicyclic) bond motifs is 1. The lowest BCUT2D eigenvalue weighted by Crippen LogP contribution is -2.66. The zero-order valence-corrected chi connectivity index (χ0v) is 21.6. The van der Waals surface area contributed by atoms with Crippen molar-refractivity contribution in [1.82, 2.24) is 0 Å². The highest BCUT2D eigenvalue weighted by Crippen LogP contribution is 2.79. The van der Waals surface area contributed by atoms with Crippen molar-refractivity contribution in [2.75, 3.05) is 13.7 Å². The summed E-state index contributed by atoms with van der Waals surface area (Å²) in [6.07, 6.45) is 0.585. The molecule has 6 fully saturated rings. The van der Waals surface area contributed by atoms with Gasteiger partial charge < -0.3 is 33.2 Å². The summed E-state index contributed by atoms with van der Waals surface area (Å²) in [6.45, 7) is 7.64. The molecule has 6 aliphatic rings. The van der Waals surface area contributed by atoms with Crippen molar-refractivity contribution in [3.05, 3.63) is 24.2 Å². The summed E-state index contributed by atoms with van der Waals surface area (Å²) >= 11 is 0. The second-order valence-corrected chi connectivity index (χ2v) is 12.8. The number of cyclic esters (lactones) is 1. The summed E-state index contributed by atoms with van der Waals surface area (Å²) in [7, 11) is 1.27. The molecule has 4 saturated heterocycles. The van der Waals surface area contributed by atoms with Crippen molar-refractivity contribution >= 4 is 17.7 Å². The molecule has 2 saturated carbocycles. The molecule has 0 aromatic carbocycles. The Morgan fingerprint density at radius 1 is 1.16 bits per heavy atom. The minimum atomic E-state index is -1.90. The molecule has 0 unspecified atom stereocenters. The van der Waals surface area contributed by atoms with Crippen molar-refractivity contribution in [2.24, 2.45) is 28.1 Å². The number of carbonyl (C=O) groups is 3. The fourth-order valence-corrected chi connectivity index (χ4v) is 9.26. The average molecular weight is 517 g/mol. The quantitative estimate of drug-likeness (QED) is 0.460. The molecule has 2 bridgehead atoms. The number of methoxy groups -OCH3 is 1. The second-order valence-electron chi connectivity index (χ2n) is 12.8. The van der Waals surface area contributed by atoms with Gasteiger partial charge in [-0.15, -0.1) is 0 Å². The van der Waals surface area contributed by atoms with E-state index in [0.717, 1.165) is 0 Å². The molecule has 1 aromatic heterocycles. The lowest BCUT2D eigenvalue weighted by molar-refractivity contribution is -0.307. The van der Waals surface area contributed by atoms with Crippen LogP contribution >= 0.6 is 0 Å². The maximum Gasteiger partial charge on any atom is 0.335 e. The van der Waals surface area contributed by atoms with Crippen LogP contribution in [-0.2, 0) is 38.1 Å². The highest BCUT2D eigenvalue weighted by atomic mass is 16.7. The van der Waals surface area contributed by atoms with Crippen LogP contribution in [0.2, 0.25) is 0 Å². The van der Waals surface area contributed by atoms with E-state index in [-0.39, 0.29) is 25.2 Å². The summed E-state index contributed by atoms with van der Waals surface area (Å²) in [5.41, 5.74) is -4.57. The third-order valence-electron chi connectivity index (χ3n) is 11.1. The Morgan fingerprint density at radius 3 is 2.51 bits per heavy atom. The highest BCUT2D eigenvalue weighted by molar-refractivity contribution is 5.88. The van der Waals surface area contributed by atoms with Gasteiger partial charge in [0, 0.05) is 34.7 Å². The smallest absolute Gasteiger partial charge is 0.335 e. The summed E-state index contributed by atoms with van der Waals surface area (Å²) in [4.78, 5) is 39.8. The molecule has 1 N–H and O–H groups in total. The first-order valence-electron chi connectivity index (χ1n) is 12.9. The van der Waals surface area contributed by atoms with Gasteiger partial charge in [-0.1, -0.05) is 27.7 Å². The first kappa shape index (κ1) is 23.8. The number of aliphatic hydroxyl groups is 1. The standard InChI is InChI=1S/C27H32O10/c1-22(2)15(28)8-16-24(4)19(22)18(21(30)32-5)37-27(24,31)14-9-23(3)20(13-6-7-33-11-13)35-17(29)10-26(23,36-16)25(14)12-34-25/h6-7,11,14,16,18-20,31H,8-10,12H2,1-5H3/t14-,16-,18+,19-,20-,23-,24-,25-,26+,27-/m0/s1. The summed E-state index contributed by atoms with van der Waals surface area (Å²) in [5.74, 6) is -4.48. The molecule has 5 heterocycles. The van der Waals surface area contributed by atoms with Gasteiger partial charge >= 0.3 is 11.9 Å². The number of Topliss-reactive ketones (excluding diaryl/α,β-unsaturated/α-hetero) is 1. The molecule has 10 heteroatoms. The van der Waals surface area contributed by atoms with Crippen molar-refractivity contribution in [2.45, 2.75) is 82.3 Å². The topological polar surface area (TPSA) is 134 Å². The molecule has 10 atom stereocenters. The largest absolute Gasteiger partial charge is 0.472 e. The fourth-order valence-electron chi connectivity index (χ4n) is 9.26. The van der Waals surface area contributed by atoms with Crippen LogP contribution in [0.5, 0.6) is 0 Å². The van der Waals surface area contributed by atoms with Crippen LogP contribution in [-0.4, -0.2) is 65.7 Å². The first-order chi connectivity index (χ1) is 17.3. The van der Waals surface area contributed by atoms with E-state index in [0.29, 0.717) is 12.0 Å². The van der Waals surface area contributed by atoms with Gasteiger partial charge in [0.2, 0.25) is 0 Å². The van der Waals surface area contributed by atoms with Gasteiger partial charge in [-0.05, 0) is 12.5 Å². The molecule has 2 aliphatic carbocycles. The molecule has 1 aromatic rings. The van der Waals surface area contributed by atoms with Crippen LogP contribution in [0.4, 0.5) is 0 Å². The zero-order valence-electron chi connectivity index (χ0n) is 21.6. The number of furan rings is 1. The predicted octanol–water partition coefficient (Wildman–Crippen LogP) is 2.08. The fraction of sp³-hybridized carbons (Fsp3) is 0.741. The van der Waals surface area contributed by atoms with E-state index in [1.54, 1.807) is 26.2 Å². The van der Waals surface area contributed by atoms with Gasteiger partial charge in [-0.3, -0.25) is 9.59 Å². The molecule has 7 rings (SSSR count). The second kappa shape index (κ2) is 6.65. The molecule has 10 nitrogen and oxygen atoms in total. The molecule has 200 valence electrons. The minimum Gasteiger partial charge on any atom is -0.472 e. The van der Waals surface area contributed by atoms with Crippen molar-refractivity contribution in [3.8, 4) is 0 Å². The maximum atomic E-state index is 13.6. The SMILES string of the molecule is COC(=O)[C@@H]1O[C@@]2(O)[C@H]3C[C@@]4(C)[C@H](c5ccoc5)OC(=O)C[C@]4(O[C@H]4CC(=O)C(C)(C)[C@H]1[C@]42C)[C@]31CO1. The van der Waals surface area contributed by atoms with Crippen LogP contribution in [0.15, 0.2) is 23.0 Å². The van der Waals surface area contributed by atoms with Gasteiger partial charge in [0.05, 0.1) is 44.2 Å². The minimum absolute atomic E-state index is 0.00557. The van der Waals surface area contributed by atoms with E-state index >= 15 is 0 Å². The summed E-state index contributed by atoms with van der Waals surface area (Å²) < 4.78 is 36.0. The number of carbonyl (C=O) groups excluding carboxylic acids is 3. The first-order valence-corrected chi connectivity index (χ1v) is 12.9. The number of hydrogen-bond donors (Lipinski definition) is 1. The van der Waals surface area contributed by atoms with Crippen LogP contribution in [0.1, 0.15) is 58.6 Å². The molecule has 4 aliphatic heterocycles. The van der Waals surface area contributed by atoms with E-state index in [1.807, 2.05) is 13.8 Å². The Hall–Kier alpha value is -2.27. The molecule has 0 radical (unpaired) electrons. The van der Waals surface area contributed by atoms with Crippen LogP contribution < -0.4 is 0 Å². The van der Waals surface area contributed by atoms with Crippen molar-refractivity contribution in [1.29, 1.82) is 0 Å². The van der Waals surface area contributed by atoms with Gasteiger partial charge in [0.25, 0.3) is 0 Å². The summed E-state index contributed by atoms with van der Waals surface area (Å²) in [6, 6.07) is 1.75. The van der Waals surface area contributed by atoms with E-state index < -0.39 is 75.3 Å². The normalized spacial score (nSPS) is 52.8. The Labute approximate surface area is 213 Å². The number of rotatable bonds is 2. The van der Waals surface area contributed by atoms with Crippen LogP contribution in [0.25, 0.3) is 0 Å². The van der Waals surface area contributed by atoms with Gasteiger partial charge in [0.1, 0.15) is 23.1 Å². The number of epoxide rings is 1. The van der Waals surface area contributed by atoms with Crippen molar-refractivity contribution in [3.63, 3.8) is 0 Å². The number of hydrogen-bond acceptors (Lipinski definition) is 10. The van der Waals surface area contributed by atoms with Gasteiger partial charge in [-0.2, -0.15) is 0 Å². The Kier molecular flexibility index (Phi) is 4.28. The monoisotopic (exact) mass is 516 g/mol. The Morgan fingerprint density at radius 2 is 1.89 bits per heavy atom. The van der Waals surface area contributed by atoms with E-state index in [1.165, 1.54) is 13.4 Å². The van der Waals surface area contributed by atoms with E-state index in [9.17, 15) is 19.5 Å². The highest BCUT2D eigenvalue weighted by Gasteiger charge is 2.91. The molecular weight excluding hydrogens is 484 g/mol. The third kappa shape index (κ3) is 2.33. The third-order valence-corrected chi connectivity index (χ3v) is 11.1. The van der Waals surface area contributed by atoms with Crippen LogP contribution in [0, 0.1) is 28.1 Å². The average Bonchev–Trinajstić information content (AvgIpc) is 3.29. The maximum absolute atomic E-state index is 13.6. The molecule has 2 spiro atoms.